The van der Waals surface area contributed by atoms with Crippen LogP contribution < -0.4 is 4.90 Å². The third-order valence-corrected chi connectivity index (χ3v) is 7.36. The summed E-state index contributed by atoms with van der Waals surface area (Å²) in [6.07, 6.45) is 10.5. The predicted octanol–water partition coefficient (Wildman–Crippen LogP) is 5.84. The first-order valence-corrected chi connectivity index (χ1v) is 11.9. The van der Waals surface area contributed by atoms with Crippen LogP contribution in [0.2, 0.25) is 0 Å². The minimum atomic E-state index is 0.249. The number of hydrogen-bond donors (Lipinski definition) is 0. The summed E-state index contributed by atoms with van der Waals surface area (Å²) in [4.78, 5) is 17.7. The Labute approximate surface area is 182 Å². The fourth-order valence-corrected chi connectivity index (χ4v) is 5.69. The van der Waals surface area contributed by atoms with Crippen LogP contribution >= 0.6 is 0 Å². The Kier molecular flexibility index (Phi) is 6.89. The van der Waals surface area contributed by atoms with Crippen LogP contribution in [0.1, 0.15) is 63.9 Å². The molecule has 1 saturated carbocycles. The topological polar surface area (TPSA) is 23.6 Å². The maximum Gasteiger partial charge on any atom is 0.226 e. The van der Waals surface area contributed by atoms with Crippen molar-refractivity contribution in [3.63, 3.8) is 0 Å². The van der Waals surface area contributed by atoms with Gasteiger partial charge in [-0.2, -0.15) is 0 Å². The Bertz CT molecular complexity index is 790. The summed E-state index contributed by atoms with van der Waals surface area (Å²) in [5.41, 5.74) is 2.89. The average Bonchev–Trinajstić information content (AvgIpc) is 3.30. The molecule has 0 unspecified atom stereocenters. The van der Waals surface area contributed by atoms with Crippen LogP contribution in [0.4, 0.5) is 5.69 Å². The Balaban J connectivity index is 1.43. The molecule has 2 fully saturated rings. The summed E-state index contributed by atoms with van der Waals surface area (Å²) >= 11 is 0. The molecule has 0 bridgehead atoms. The fraction of sp³-hybridized carbons (Fsp3) is 0.519. The fourth-order valence-electron chi connectivity index (χ4n) is 5.69. The summed E-state index contributed by atoms with van der Waals surface area (Å²) in [6, 6.07) is 21.5. The van der Waals surface area contributed by atoms with Gasteiger partial charge in [0.15, 0.2) is 0 Å². The van der Waals surface area contributed by atoms with Gasteiger partial charge in [0.05, 0.1) is 0 Å². The molecule has 4 rings (SSSR count). The van der Waals surface area contributed by atoms with E-state index in [1.165, 1.54) is 44.1 Å². The van der Waals surface area contributed by atoms with E-state index in [2.05, 4.69) is 52.3 Å². The lowest BCUT2D eigenvalue weighted by Gasteiger charge is -2.47. The van der Waals surface area contributed by atoms with Gasteiger partial charge in [-0.05, 0) is 56.2 Å². The standard InChI is InChI=1S/C27H36N2O/c1-2-26(30)29(24-13-7-4-8-14-24)25-16-21-28(22-17-25)27(18-9-10-19-27)20-15-23-11-5-3-6-12-23/h3-8,11-14,25H,2,9-10,15-22H2,1H3. The maximum absolute atomic E-state index is 12.8. The number of carbonyl (C=O) groups is 1. The van der Waals surface area contributed by atoms with Crippen molar-refractivity contribution in [3.05, 3.63) is 66.2 Å². The molecule has 1 amide bonds. The van der Waals surface area contributed by atoms with Crippen molar-refractivity contribution in [3.8, 4) is 0 Å². The summed E-state index contributed by atoms with van der Waals surface area (Å²) in [5.74, 6) is 0.249. The molecule has 160 valence electrons. The van der Waals surface area contributed by atoms with Gasteiger partial charge in [0.2, 0.25) is 5.91 Å². The molecule has 3 heteroatoms. The number of hydrogen-bond acceptors (Lipinski definition) is 2. The van der Waals surface area contributed by atoms with Crippen LogP contribution in [-0.2, 0) is 11.2 Å². The lowest BCUT2D eigenvalue weighted by molar-refractivity contribution is -0.119. The highest BCUT2D eigenvalue weighted by Crippen LogP contribution is 2.41. The van der Waals surface area contributed by atoms with Gasteiger partial charge in [-0.25, -0.2) is 0 Å². The molecule has 1 heterocycles. The van der Waals surface area contributed by atoms with E-state index >= 15 is 0 Å². The smallest absolute Gasteiger partial charge is 0.226 e. The molecule has 1 aliphatic heterocycles. The number of anilines is 1. The molecule has 1 aliphatic carbocycles. The number of carbonyl (C=O) groups excluding carboxylic acids is 1. The number of amides is 1. The minimum Gasteiger partial charge on any atom is -0.309 e. The first kappa shape index (κ1) is 21.1. The Morgan fingerprint density at radius 3 is 2.17 bits per heavy atom. The first-order valence-electron chi connectivity index (χ1n) is 11.9. The van der Waals surface area contributed by atoms with Crippen LogP contribution in [0.3, 0.4) is 0 Å². The van der Waals surface area contributed by atoms with Crippen LogP contribution in [-0.4, -0.2) is 35.5 Å². The van der Waals surface area contributed by atoms with Crippen molar-refractivity contribution in [1.82, 2.24) is 4.90 Å². The van der Waals surface area contributed by atoms with Gasteiger partial charge in [0.1, 0.15) is 0 Å². The van der Waals surface area contributed by atoms with E-state index in [9.17, 15) is 4.79 Å². The van der Waals surface area contributed by atoms with Gasteiger partial charge in [0, 0.05) is 36.8 Å². The zero-order valence-electron chi connectivity index (χ0n) is 18.4. The van der Waals surface area contributed by atoms with Gasteiger partial charge in [-0.3, -0.25) is 9.69 Å². The molecule has 3 nitrogen and oxygen atoms in total. The SMILES string of the molecule is CCC(=O)N(c1ccccc1)C1CCN(C2(CCc3ccccc3)CCCC2)CC1. The van der Waals surface area contributed by atoms with Crippen molar-refractivity contribution < 1.29 is 4.79 Å². The first-order chi connectivity index (χ1) is 14.7. The Hall–Kier alpha value is -2.13. The molecule has 0 atom stereocenters. The number of likely N-dealkylation sites (tertiary alicyclic amines) is 1. The third-order valence-electron chi connectivity index (χ3n) is 7.36. The van der Waals surface area contributed by atoms with Crippen molar-refractivity contribution >= 4 is 11.6 Å². The largest absolute Gasteiger partial charge is 0.309 e. The van der Waals surface area contributed by atoms with Crippen molar-refractivity contribution in [2.75, 3.05) is 18.0 Å². The zero-order valence-corrected chi connectivity index (χ0v) is 18.4. The molecule has 0 N–H and O–H groups in total. The maximum atomic E-state index is 12.8. The second-order valence-corrected chi connectivity index (χ2v) is 9.09. The summed E-state index contributed by atoms with van der Waals surface area (Å²) in [6.45, 7) is 4.20. The van der Waals surface area contributed by atoms with Crippen LogP contribution in [0.5, 0.6) is 0 Å². The lowest BCUT2D eigenvalue weighted by Crippen LogP contribution is -2.54. The molecule has 2 aliphatic rings. The van der Waals surface area contributed by atoms with E-state index in [1.54, 1.807) is 0 Å². The van der Waals surface area contributed by atoms with Gasteiger partial charge in [-0.15, -0.1) is 0 Å². The van der Waals surface area contributed by atoms with Crippen molar-refractivity contribution in [1.29, 1.82) is 0 Å². The van der Waals surface area contributed by atoms with Gasteiger partial charge in [-0.1, -0.05) is 68.3 Å². The number of piperidine rings is 1. The number of nitrogens with zero attached hydrogens (tertiary/aromatic N) is 2. The van der Waals surface area contributed by atoms with E-state index in [1.807, 2.05) is 25.1 Å². The quantitative estimate of drug-likeness (QED) is 0.579. The Morgan fingerprint density at radius 2 is 1.57 bits per heavy atom. The molecule has 0 aromatic heterocycles. The van der Waals surface area contributed by atoms with E-state index < -0.39 is 0 Å². The van der Waals surface area contributed by atoms with Crippen molar-refractivity contribution in [2.45, 2.75) is 76.3 Å². The summed E-state index contributed by atoms with van der Waals surface area (Å²) in [7, 11) is 0. The van der Waals surface area contributed by atoms with Crippen molar-refractivity contribution in [2.24, 2.45) is 0 Å². The van der Waals surface area contributed by atoms with E-state index in [0.717, 1.165) is 31.6 Å². The highest BCUT2D eigenvalue weighted by Gasteiger charge is 2.41. The van der Waals surface area contributed by atoms with Gasteiger partial charge >= 0.3 is 0 Å². The molecular weight excluding hydrogens is 368 g/mol. The second kappa shape index (κ2) is 9.78. The molecule has 1 saturated heterocycles. The average molecular weight is 405 g/mol. The summed E-state index contributed by atoms with van der Waals surface area (Å²) in [5, 5.41) is 0. The molecule has 2 aromatic rings. The molecule has 30 heavy (non-hydrogen) atoms. The normalized spacial score (nSPS) is 19.6. The molecule has 2 aromatic carbocycles. The van der Waals surface area contributed by atoms with Crippen LogP contribution in [0.25, 0.3) is 0 Å². The molecular formula is C27H36N2O. The lowest BCUT2D eigenvalue weighted by atomic mass is 9.85. The van der Waals surface area contributed by atoms with Gasteiger partial charge in [0.25, 0.3) is 0 Å². The predicted molar refractivity (Wildman–Crippen MR) is 125 cm³/mol. The number of benzene rings is 2. The van der Waals surface area contributed by atoms with Gasteiger partial charge < -0.3 is 4.90 Å². The molecule has 0 radical (unpaired) electrons. The van der Waals surface area contributed by atoms with Crippen LogP contribution in [0.15, 0.2) is 60.7 Å². The number of aryl methyl sites for hydroxylation is 1. The molecule has 0 spiro atoms. The monoisotopic (exact) mass is 404 g/mol. The van der Waals surface area contributed by atoms with E-state index in [4.69, 9.17) is 0 Å². The van der Waals surface area contributed by atoms with Crippen LogP contribution in [0, 0.1) is 0 Å². The third kappa shape index (κ3) is 4.62. The number of rotatable bonds is 7. The highest BCUT2D eigenvalue weighted by atomic mass is 16.2. The Morgan fingerprint density at radius 1 is 0.967 bits per heavy atom. The zero-order chi connectivity index (χ0) is 20.8. The minimum absolute atomic E-state index is 0.249. The second-order valence-electron chi connectivity index (χ2n) is 9.09. The summed E-state index contributed by atoms with van der Waals surface area (Å²) < 4.78 is 0. The van der Waals surface area contributed by atoms with E-state index in [-0.39, 0.29) is 5.91 Å². The van der Waals surface area contributed by atoms with E-state index in [0.29, 0.717) is 18.0 Å². The number of para-hydroxylation sites is 1. The highest BCUT2D eigenvalue weighted by molar-refractivity contribution is 5.93.